The molecule has 1 aromatic carbocycles. The largest absolute Gasteiger partial charge is 0.460 e. The van der Waals surface area contributed by atoms with E-state index in [-0.39, 0.29) is 25.1 Å². The third-order valence-electron chi connectivity index (χ3n) is 4.69. The van der Waals surface area contributed by atoms with Gasteiger partial charge in [0.1, 0.15) is 12.7 Å². The molecule has 0 aromatic heterocycles. The first-order valence-corrected chi connectivity index (χ1v) is 10.9. The molecule has 0 radical (unpaired) electrons. The van der Waals surface area contributed by atoms with Crippen molar-refractivity contribution in [2.45, 2.75) is 71.6 Å². The zero-order chi connectivity index (χ0) is 23.1. The maximum atomic E-state index is 12.7. The van der Waals surface area contributed by atoms with Gasteiger partial charge in [0.2, 0.25) is 0 Å². The monoisotopic (exact) mass is 433 g/mol. The molecule has 0 bridgehead atoms. The van der Waals surface area contributed by atoms with Crippen LogP contribution in [0.15, 0.2) is 43.0 Å². The van der Waals surface area contributed by atoms with Crippen LogP contribution in [-0.2, 0) is 30.4 Å². The topological polar surface area (TPSA) is 90.9 Å². The molecular weight excluding hydrogens is 398 g/mol. The van der Waals surface area contributed by atoms with Crippen LogP contribution in [0.25, 0.3) is 0 Å². The molecule has 1 rings (SSSR count). The van der Waals surface area contributed by atoms with E-state index in [2.05, 4.69) is 11.9 Å². The summed E-state index contributed by atoms with van der Waals surface area (Å²) in [5, 5.41) is 2.47. The number of ether oxygens (including phenoxy) is 3. The first kappa shape index (κ1) is 26.2. The summed E-state index contributed by atoms with van der Waals surface area (Å²) in [6, 6.07) is 7.99. The standard InChI is InChI=1S/C24H35NO6/c1-5-8-16-29-24(28)25-21(23(27)30-17-19-14-10-9-11-15-19)18(4)31-22(26)20(12-6-2)13-7-3/h5,9-11,14-15,18,20-21H,1,6-8,12-13,16-17H2,2-4H3,(H,25,28)/t18-,21?/m1/s1. The molecule has 0 aliphatic carbocycles. The van der Waals surface area contributed by atoms with Crippen LogP contribution in [0, 0.1) is 5.92 Å². The number of rotatable bonds is 14. The highest BCUT2D eigenvalue weighted by atomic mass is 16.6. The molecule has 0 saturated carbocycles. The second-order valence-electron chi connectivity index (χ2n) is 7.34. The highest BCUT2D eigenvalue weighted by Gasteiger charge is 2.33. The first-order valence-electron chi connectivity index (χ1n) is 10.9. The lowest BCUT2D eigenvalue weighted by atomic mass is 9.98. The number of esters is 2. The van der Waals surface area contributed by atoms with Crippen LogP contribution in [0.4, 0.5) is 4.79 Å². The molecule has 7 heteroatoms. The Labute approximate surface area is 185 Å². The SMILES string of the molecule is C=CCCOC(=O)NC(C(=O)OCc1ccccc1)[C@@H](C)OC(=O)C(CCC)CCC. The van der Waals surface area contributed by atoms with Crippen LogP contribution in [0.5, 0.6) is 0 Å². The molecule has 0 aliphatic rings. The summed E-state index contributed by atoms with van der Waals surface area (Å²) in [5.41, 5.74) is 0.804. The van der Waals surface area contributed by atoms with Crippen LogP contribution in [-0.4, -0.2) is 36.8 Å². The summed E-state index contributed by atoms with van der Waals surface area (Å²) < 4.78 is 15.9. The summed E-state index contributed by atoms with van der Waals surface area (Å²) in [4.78, 5) is 37.5. The normalized spacial score (nSPS) is 12.5. The molecule has 172 valence electrons. The van der Waals surface area contributed by atoms with Gasteiger partial charge in [-0.05, 0) is 31.7 Å². The number of hydrogen-bond acceptors (Lipinski definition) is 6. The Morgan fingerprint density at radius 3 is 2.26 bits per heavy atom. The van der Waals surface area contributed by atoms with Gasteiger partial charge in [0, 0.05) is 0 Å². The van der Waals surface area contributed by atoms with E-state index in [1.165, 1.54) is 0 Å². The molecule has 0 saturated heterocycles. The average molecular weight is 434 g/mol. The van der Waals surface area contributed by atoms with E-state index in [0.717, 1.165) is 18.4 Å². The van der Waals surface area contributed by atoms with Crippen molar-refractivity contribution in [3.05, 3.63) is 48.6 Å². The molecule has 1 N–H and O–H groups in total. The molecule has 0 aliphatic heterocycles. The van der Waals surface area contributed by atoms with Gasteiger partial charge in [-0.25, -0.2) is 9.59 Å². The van der Waals surface area contributed by atoms with Crippen molar-refractivity contribution >= 4 is 18.0 Å². The van der Waals surface area contributed by atoms with Crippen molar-refractivity contribution in [3.63, 3.8) is 0 Å². The predicted molar refractivity (Wildman–Crippen MR) is 118 cm³/mol. The van der Waals surface area contributed by atoms with Crippen molar-refractivity contribution < 1.29 is 28.6 Å². The zero-order valence-electron chi connectivity index (χ0n) is 18.8. The number of nitrogens with one attached hydrogen (secondary N) is 1. The molecule has 1 unspecified atom stereocenters. The van der Waals surface area contributed by atoms with Crippen LogP contribution in [0.2, 0.25) is 0 Å². The van der Waals surface area contributed by atoms with Crippen molar-refractivity contribution in [2.24, 2.45) is 5.92 Å². The molecule has 0 fully saturated rings. The zero-order valence-corrected chi connectivity index (χ0v) is 18.8. The molecule has 1 aromatic rings. The van der Waals surface area contributed by atoms with Gasteiger partial charge in [-0.15, -0.1) is 6.58 Å². The number of benzene rings is 1. The van der Waals surface area contributed by atoms with E-state index in [1.807, 2.05) is 44.2 Å². The molecule has 2 atom stereocenters. The van der Waals surface area contributed by atoms with Gasteiger partial charge < -0.3 is 19.5 Å². The summed E-state index contributed by atoms with van der Waals surface area (Å²) in [6.45, 7) is 9.30. The van der Waals surface area contributed by atoms with E-state index >= 15 is 0 Å². The number of hydrogen-bond donors (Lipinski definition) is 1. The number of carbonyl (C=O) groups is 3. The van der Waals surface area contributed by atoms with E-state index in [1.54, 1.807) is 13.0 Å². The van der Waals surface area contributed by atoms with Crippen LogP contribution < -0.4 is 5.32 Å². The maximum Gasteiger partial charge on any atom is 0.407 e. The fraction of sp³-hybridized carbons (Fsp3) is 0.542. The Morgan fingerprint density at radius 1 is 1.03 bits per heavy atom. The smallest absolute Gasteiger partial charge is 0.407 e. The van der Waals surface area contributed by atoms with Crippen molar-refractivity contribution in [1.29, 1.82) is 0 Å². The van der Waals surface area contributed by atoms with E-state index in [4.69, 9.17) is 14.2 Å². The van der Waals surface area contributed by atoms with Gasteiger partial charge in [-0.3, -0.25) is 4.79 Å². The van der Waals surface area contributed by atoms with Crippen molar-refractivity contribution in [2.75, 3.05) is 6.61 Å². The first-order chi connectivity index (χ1) is 14.9. The Bertz CT molecular complexity index is 685. The molecular formula is C24H35NO6. The molecule has 31 heavy (non-hydrogen) atoms. The summed E-state index contributed by atoms with van der Waals surface area (Å²) in [7, 11) is 0. The third-order valence-corrected chi connectivity index (χ3v) is 4.69. The van der Waals surface area contributed by atoms with Crippen molar-refractivity contribution in [1.82, 2.24) is 5.32 Å². The van der Waals surface area contributed by atoms with Crippen LogP contribution >= 0.6 is 0 Å². The van der Waals surface area contributed by atoms with E-state index in [0.29, 0.717) is 19.3 Å². The van der Waals surface area contributed by atoms with Gasteiger partial charge >= 0.3 is 18.0 Å². The molecule has 0 heterocycles. The number of alkyl carbamates (subject to hydrolysis) is 1. The fourth-order valence-electron chi connectivity index (χ4n) is 3.01. The van der Waals surface area contributed by atoms with E-state index < -0.39 is 24.2 Å². The van der Waals surface area contributed by atoms with Gasteiger partial charge in [0.15, 0.2) is 6.04 Å². The average Bonchev–Trinajstić information content (AvgIpc) is 2.76. The Kier molecular flexibility index (Phi) is 12.7. The predicted octanol–water partition coefficient (Wildman–Crippen LogP) is 4.55. The minimum Gasteiger partial charge on any atom is -0.460 e. The highest BCUT2D eigenvalue weighted by Crippen LogP contribution is 2.17. The van der Waals surface area contributed by atoms with Crippen molar-refractivity contribution in [3.8, 4) is 0 Å². The molecule has 0 spiro atoms. The highest BCUT2D eigenvalue weighted by molar-refractivity contribution is 5.82. The lowest BCUT2D eigenvalue weighted by Crippen LogP contribution is -2.50. The Morgan fingerprint density at radius 2 is 1.68 bits per heavy atom. The van der Waals surface area contributed by atoms with Gasteiger partial charge in [0.05, 0.1) is 12.5 Å². The quantitative estimate of drug-likeness (QED) is 0.200. The summed E-state index contributed by atoms with van der Waals surface area (Å²) in [5.74, 6) is -1.32. The van der Waals surface area contributed by atoms with Gasteiger partial charge in [0.25, 0.3) is 0 Å². The number of carbonyl (C=O) groups excluding carboxylic acids is 3. The van der Waals surface area contributed by atoms with Crippen LogP contribution in [0.1, 0.15) is 58.4 Å². The van der Waals surface area contributed by atoms with E-state index in [9.17, 15) is 14.4 Å². The second kappa shape index (κ2) is 15.0. The fourth-order valence-corrected chi connectivity index (χ4v) is 3.01. The lowest BCUT2D eigenvalue weighted by Gasteiger charge is -2.25. The van der Waals surface area contributed by atoms with Gasteiger partial charge in [-0.2, -0.15) is 0 Å². The lowest BCUT2D eigenvalue weighted by molar-refractivity contribution is -0.161. The molecule has 7 nitrogen and oxygen atoms in total. The Balaban J connectivity index is 2.83. The van der Waals surface area contributed by atoms with Gasteiger partial charge in [-0.1, -0.05) is 63.1 Å². The third kappa shape index (κ3) is 10.2. The van der Waals surface area contributed by atoms with Crippen LogP contribution in [0.3, 0.4) is 0 Å². The Hall–Kier alpha value is -2.83. The molecule has 1 amide bonds. The maximum absolute atomic E-state index is 12.7. The second-order valence-corrected chi connectivity index (χ2v) is 7.34. The minimum absolute atomic E-state index is 0.0400. The summed E-state index contributed by atoms with van der Waals surface area (Å²) >= 11 is 0. The minimum atomic E-state index is -1.19. The summed E-state index contributed by atoms with van der Waals surface area (Å²) in [6.07, 6.45) is 3.51. The number of amides is 1.